The monoisotopic (exact) mass is 429 g/mol. The van der Waals surface area contributed by atoms with E-state index in [1.165, 1.54) is 25.0 Å². The second-order valence-electron chi connectivity index (χ2n) is 7.89. The first-order chi connectivity index (χ1) is 14.5. The first-order valence-corrected chi connectivity index (χ1v) is 10.7. The SMILES string of the molecule is O=C(c1cccc(CN2CCCC2)c1)N1CCN(C(=O)c2ccc(F)cc2Cl)CC1. The van der Waals surface area contributed by atoms with Crippen molar-refractivity contribution in [2.45, 2.75) is 19.4 Å². The number of hydrogen-bond acceptors (Lipinski definition) is 3. The van der Waals surface area contributed by atoms with Crippen molar-refractivity contribution in [2.75, 3.05) is 39.3 Å². The fourth-order valence-electron chi connectivity index (χ4n) is 4.13. The molecule has 0 N–H and O–H groups in total. The molecular formula is C23H25ClFN3O2. The van der Waals surface area contributed by atoms with Crippen molar-refractivity contribution in [3.63, 3.8) is 0 Å². The highest BCUT2D eigenvalue weighted by molar-refractivity contribution is 6.33. The summed E-state index contributed by atoms with van der Waals surface area (Å²) in [6, 6.07) is 11.6. The lowest BCUT2D eigenvalue weighted by molar-refractivity contribution is 0.0535. The predicted octanol–water partition coefficient (Wildman–Crippen LogP) is 3.67. The fraction of sp³-hybridized carbons (Fsp3) is 0.391. The average molecular weight is 430 g/mol. The van der Waals surface area contributed by atoms with Gasteiger partial charge in [0.15, 0.2) is 0 Å². The Balaban J connectivity index is 1.36. The van der Waals surface area contributed by atoms with Gasteiger partial charge in [0.2, 0.25) is 0 Å². The van der Waals surface area contributed by atoms with E-state index in [0.29, 0.717) is 31.7 Å². The van der Waals surface area contributed by atoms with Crippen molar-refractivity contribution in [2.24, 2.45) is 0 Å². The lowest BCUT2D eigenvalue weighted by Gasteiger charge is -2.35. The second kappa shape index (κ2) is 9.14. The highest BCUT2D eigenvalue weighted by Gasteiger charge is 2.26. The normalized spacial score (nSPS) is 17.4. The first kappa shape index (κ1) is 20.8. The third-order valence-corrected chi connectivity index (χ3v) is 6.11. The molecule has 0 saturated carbocycles. The van der Waals surface area contributed by atoms with Gasteiger partial charge in [-0.3, -0.25) is 14.5 Å². The van der Waals surface area contributed by atoms with Gasteiger partial charge in [0.05, 0.1) is 10.6 Å². The summed E-state index contributed by atoms with van der Waals surface area (Å²) >= 11 is 6.02. The average Bonchev–Trinajstić information content (AvgIpc) is 3.26. The van der Waals surface area contributed by atoms with Gasteiger partial charge in [0.25, 0.3) is 11.8 Å². The highest BCUT2D eigenvalue weighted by atomic mass is 35.5. The Hall–Kier alpha value is -2.44. The highest BCUT2D eigenvalue weighted by Crippen LogP contribution is 2.21. The largest absolute Gasteiger partial charge is 0.335 e. The Kier molecular flexibility index (Phi) is 6.35. The van der Waals surface area contributed by atoms with Crippen LogP contribution in [-0.4, -0.2) is 65.8 Å². The van der Waals surface area contributed by atoms with E-state index < -0.39 is 5.82 Å². The molecule has 2 aromatic carbocycles. The molecule has 0 aromatic heterocycles. The Morgan fingerprint density at radius 1 is 0.867 bits per heavy atom. The molecule has 158 valence electrons. The number of amides is 2. The number of likely N-dealkylation sites (tertiary alicyclic amines) is 1. The molecule has 0 spiro atoms. The number of benzene rings is 2. The van der Waals surface area contributed by atoms with Gasteiger partial charge in [-0.1, -0.05) is 23.7 Å². The smallest absolute Gasteiger partial charge is 0.255 e. The minimum Gasteiger partial charge on any atom is -0.335 e. The first-order valence-electron chi connectivity index (χ1n) is 10.4. The van der Waals surface area contributed by atoms with Crippen molar-refractivity contribution in [3.05, 3.63) is 70.0 Å². The number of rotatable bonds is 4. The molecule has 0 radical (unpaired) electrons. The zero-order valence-corrected chi connectivity index (χ0v) is 17.6. The van der Waals surface area contributed by atoms with Gasteiger partial charge in [-0.05, 0) is 61.8 Å². The number of hydrogen-bond donors (Lipinski definition) is 0. The van der Waals surface area contributed by atoms with Gasteiger partial charge in [-0.15, -0.1) is 0 Å². The maximum atomic E-state index is 13.2. The van der Waals surface area contributed by atoms with Gasteiger partial charge in [0, 0.05) is 38.3 Å². The third-order valence-electron chi connectivity index (χ3n) is 5.79. The van der Waals surface area contributed by atoms with Gasteiger partial charge < -0.3 is 9.80 Å². The molecule has 0 atom stereocenters. The lowest BCUT2D eigenvalue weighted by atomic mass is 10.1. The molecule has 0 aliphatic carbocycles. The van der Waals surface area contributed by atoms with Crippen LogP contribution >= 0.6 is 11.6 Å². The summed E-state index contributed by atoms with van der Waals surface area (Å²) in [5, 5.41) is 0.105. The van der Waals surface area contributed by atoms with Crippen LogP contribution in [0.2, 0.25) is 5.02 Å². The molecule has 5 nitrogen and oxygen atoms in total. The van der Waals surface area contributed by atoms with Crippen molar-refractivity contribution < 1.29 is 14.0 Å². The molecule has 7 heteroatoms. The van der Waals surface area contributed by atoms with Crippen LogP contribution in [0.4, 0.5) is 4.39 Å². The van der Waals surface area contributed by atoms with E-state index in [1.807, 2.05) is 18.2 Å². The van der Waals surface area contributed by atoms with Crippen LogP contribution in [0.1, 0.15) is 39.1 Å². The van der Waals surface area contributed by atoms with Crippen LogP contribution < -0.4 is 0 Å². The van der Waals surface area contributed by atoms with Crippen molar-refractivity contribution in [3.8, 4) is 0 Å². The topological polar surface area (TPSA) is 43.9 Å². The summed E-state index contributed by atoms with van der Waals surface area (Å²) in [7, 11) is 0. The van der Waals surface area contributed by atoms with Crippen LogP contribution in [0.5, 0.6) is 0 Å². The number of halogens is 2. The molecule has 4 rings (SSSR count). The standard InChI is InChI=1S/C23H25ClFN3O2/c24-21-15-19(25)6-7-20(21)23(30)28-12-10-27(11-13-28)22(29)18-5-3-4-17(14-18)16-26-8-1-2-9-26/h3-7,14-15H,1-2,8-13,16H2. The van der Waals surface area contributed by atoms with E-state index >= 15 is 0 Å². The van der Waals surface area contributed by atoms with Crippen LogP contribution in [0.25, 0.3) is 0 Å². The molecule has 2 aliphatic rings. The van der Waals surface area contributed by atoms with E-state index in [1.54, 1.807) is 9.80 Å². The third kappa shape index (κ3) is 4.65. The molecule has 2 amide bonds. The number of carbonyl (C=O) groups excluding carboxylic acids is 2. The maximum absolute atomic E-state index is 13.2. The number of nitrogens with zero attached hydrogens (tertiary/aromatic N) is 3. The Bertz CT molecular complexity index is 938. The zero-order chi connectivity index (χ0) is 21.1. The van der Waals surface area contributed by atoms with Gasteiger partial charge >= 0.3 is 0 Å². The minimum atomic E-state index is -0.473. The molecule has 2 fully saturated rings. The molecule has 2 aromatic rings. The quantitative estimate of drug-likeness (QED) is 0.744. The summed E-state index contributed by atoms with van der Waals surface area (Å²) < 4.78 is 13.2. The van der Waals surface area contributed by atoms with E-state index in [4.69, 9.17) is 11.6 Å². The van der Waals surface area contributed by atoms with E-state index in [2.05, 4.69) is 11.0 Å². The van der Waals surface area contributed by atoms with Gasteiger partial charge in [-0.25, -0.2) is 4.39 Å². The van der Waals surface area contributed by atoms with Crippen LogP contribution in [0.3, 0.4) is 0 Å². The van der Waals surface area contributed by atoms with Crippen molar-refractivity contribution in [1.29, 1.82) is 0 Å². The summed E-state index contributed by atoms with van der Waals surface area (Å²) in [6.07, 6.45) is 2.48. The van der Waals surface area contributed by atoms with Crippen LogP contribution in [0, 0.1) is 5.82 Å². The van der Waals surface area contributed by atoms with Crippen LogP contribution in [0.15, 0.2) is 42.5 Å². The predicted molar refractivity (Wildman–Crippen MR) is 114 cm³/mol. The summed E-state index contributed by atoms with van der Waals surface area (Å²) in [6.45, 7) is 4.87. The Morgan fingerprint density at radius 2 is 1.53 bits per heavy atom. The number of piperazine rings is 1. The molecule has 0 bridgehead atoms. The van der Waals surface area contributed by atoms with E-state index in [9.17, 15) is 14.0 Å². The van der Waals surface area contributed by atoms with Gasteiger partial charge in [-0.2, -0.15) is 0 Å². The van der Waals surface area contributed by atoms with Crippen molar-refractivity contribution >= 4 is 23.4 Å². The Labute approximate surface area is 181 Å². The molecular weight excluding hydrogens is 405 g/mol. The fourth-order valence-corrected chi connectivity index (χ4v) is 4.38. The Morgan fingerprint density at radius 3 is 2.20 bits per heavy atom. The number of carbonyl (C=O) groups is 2. The van der Waals surface area contributed by atoms with Gasteiger partial charge in [0.1, 0.15) is 5.82 Å². The van der Waals surface area contributed by atoms with E-state index in [0.717, 1.165) is 31.3 Å². The maximum Gasteiger partial charge on any atom is 0.255 e. The summed E-state index contributed by atoms with van der Waals surface area (Å²) in [4.78, 5) is 31.5. The van der Waals surface area contributed by atoms with Crippen molar-refractivity contribution in [1.82, 2.24) is 14.7 Å². The molecule has 2 aliphatic heterocycles. The zero-order valence-electron chi connectivity index (χ0n) is 16.8. The lowest BCUT2D eigenvalue weighted by Crippen LogP contribution is -2.50. The van der Waals surface area contributed by atoms with Crippen LogP contribution in [-0.2, 0) is 6.54 Å². The summed E-state index contributed by atoms with van der Waals surface area (Å²) in [5.74, 6) is -0.719. The second-order valence-corrected chi connectivity index (χ2v) is 8.30. The molecule has 0 unspecified atom stereocenters. The molecule has 30 heavy (non-hydrogen) atoms. The summed E-state index contributed by atoms with van der Waals surface area (Å²) in [5.41, 5.74) is 2.13. The molecule has 2 saturated heterocycles. The minimum absolute atomic E-state index is 0.00909. The molecule has 2 heterocycles. The van der Waals surface area contributed by atoms with E-state index in [-0.39, 0.29) is 22.4 Å².